The molecule has 2 atom stereocenters. The van der Waals surface area contributed by atoms with Crippen molar-refractivity contribution >= 4 is 15.9 Å². The first-order chi connectivity index (χ1) is 7.04. The van der Waals surface area contributed by atoms with Gasteiger partial charge in [0.2, 0.25) is 0 Å². The van der Waals surface area contributed by atoms with Gasteiger partial charge in [-0.25, -0.2) is 0 Å². The number of methoxy groups -OCH3 is 1. The van der Waals surface area contributed by atoms with Crippen molar-refractivity contribution in [2.45, 2.75) is 26.3 Å². The maximum atomic E-state index is 5.86. The number of halogens is 1. The number of rotatable bonds is 4. The molecule has 0 aliphatic heterocycles. The van der Waals surface area contributed by atoms with E-state index in [0.717, 1.165) is 16.6 Å². The molecule has 0 spiro atoms. The van der Waals surface area contributed by atoms with Gasteiger partial charge in [0.15, 0.2) is 0 Å². The lowest BCUT2D eigenvalue weighted by Crippen LogP contribution is -2.25. The van der Waals surface area contributed by atoms with Crippen LogP contribution in [0.1, 0.15) is 19.4 Å². The van der Waals surface area contributed by atoms with E-state index in [4.69, 9.17) is 10.5 Å². The normalized spacial score (nSPS) is 14.7. The summed E-state index contributed by atoms with van der Waals surface area (Å²) in [6.07, 6.45) is 0.968. The molecular formula is C12H18BrNO. The molecule has 0 aromatic heterocycles. The molecule has 0 radical (unpaired) electrons. The fourth-order valence-electron chi connectivity index (χ4n) is 1.37. The van der Waals surface area contributed by atoms with Gasteiger partial charge in [-0.3, -0.25) is 0 Å². The summed E-state index contributed by atoms with van der Waals surface area (Å²) in [5.74, 6) is 1.36. The quantitative estimate of drug-likeness (QED) is 0.914. The summed E-state index contributed by atoms with van der Waals surface area (Å²) in [7, 11) is 1.68. The third-order valence-electron chi connectivity index (χ3n) is 2.69. The number of hydrogen-bond acceptors (Lipinski definition) is 2. The minimum Gasteiger partial charge on any atom is -0.497 e. The van der Waals surface area contributed by atoms with Crippen LogP contribution < -0.4 is 10.5 Å². The van der Waals surface area contributed by atoms with E-state index >= 15 is 0 Å². The molecular weight excluding hydrogens is 254 g/mol. The summed E-state index contributed by atoms with van der Waals surface area (Å²) in [5.41, 5.74) is 7.11. The van der Waals surface area contributed by atoms with Crippen LogP contribution in [-0.4, -0.2) is 13.2 Å². The second-order valence-corrected chi connectivity index (χ2v) is 4.85. The fourth-order valence-corrected chi connectivity index (χ4v) is 1.78. The van der Waals surface area contributed by atoms with Crippen molar-refractivity contribution in [2.24, 2.45) is 11.7 Å². The Morgan fingerprint density at radius 3 is 2.60 bits per heavy atom. The van der Waals surface area contributed by atoms with Gasteiger partial charge in [-0.15, -0.1) is 0 Å². The molecule has 0 bridgehead atoms. The predicted molar refractivity (Wildman–Crippen MR) is 67.2 cm³/mol. The van der Waals surface area contributed by atoms with Gasteiger partial charge in [0.05, 0.1) is 7.11 Å². The molecule has 0 aliphatic rings. The molecule has 0 saturated heterocycles. The molecule has 2 N–H and O–H groups in total. The third kappa shape index (κ3) is 3.50. The Bertz CT molecular complexity index is 325. The first kappa shape index (κ1) is 12.5. The van der Waals surface area contributed by atoms with Crippen LogP contribution in [0.3, 0.4) is 0 Å². The van der Waals surface area contributed by atoms with Crippen molar-refractivity contribution in [1.82, 2.24) is 0 Å². The molecule has 2 nitrogen and oxygen atoms in total. The molecule has 1 rings (SSSR count). The molecule has 3 heteroatoms. The number of nitrogens with two attached hydrogens (primary N) is 1. The lowest BCUT2D eigenvalue weighted by molar-refractivity contribution is 0.413. The summed E-state index contributed by atoms with van der Waals surface area (Å²) in [5, 5.41) is 0. The van der Waals surface area contributed by atoms with Crippen molar-refractivity contribution in [3.05, 3.63) is 28.2 Å². The second kappa shape index (κ2) is 5.52. The number of benzene rings is 1. The predicted octanol–water partition coefficient (Wildman–Crippen LogP) is 2.98. The standard InChI is InChI=1S/C12H18BrNO/c1-8(9(2)14)6-10-7-11(15-3)4-5-12(10)13/h4-5,7-9H,6,14H2,1-3H3. The summed E-state index contributed by atoms with van der Waals surface area (Å²) >= 11 is 3.54. The fraction of sp³-hybridized carbons (Fsp3) is 0.500. The summed E-state index contributed by atoms with van der Waals surface area (Å²) < 4.78 is 6.32. The van der Waals surface area contributed by atoms with E-state index in [2.05, 4.69) is 28.9 Å². The van der Waals surface area contributed by atoms with E-state index in [1.54, 1.807) is 7.11 Å². The van der Waals surface area contributed by atoms with Gasteiger partial charge < -0.3 is 10.5 Å². The Hall–Kier alpha value is -0.540. The Labute approximate surface area is 99.9 Å². The van der Waals surface area contributed by atoms with E-state index in [0.29, 0.717) is 5.92 Å². The van der Waals surface area contributed by atoms with E-state index < -0.39 is 0 Å². The average Bonchev–Trinajstić information content (AvgIpc) is 2.21. The van der Waals surface area contributed by atoms with Crippen LogP contribution in [-0.2, 0) is 6.42 Å². The molecule has 84 valence electrons. The molecule has 0 fully saturated rings. The van der Waals surface area contributed by atoms with E-state index in [1.807, 2.05) is 19.1 Å². The van der Waals surface area contributed by atoms with E-state index in [1.165, 1.54) is 5.56 Å². The number of hydrogen-bond donors (Lipinski definition) is 1. The summed E-state index contributed by atoms with van der Waals surface area (Å²) in [6, 6.07) is 6.23. The lowest BCUT2D eigenvalue weighted by Gasteiger charge is -2.16. The van der Waals surface area contributed by atoms with Gasteiger partial charge in [-0.05, 0) is 43.0 Å². The monoisotopic (exact) mass is 271 g/mol. The maximum Gasteiger partial charge on any atom is 0.119 e. The van der Waals surface area contributed by atoms with Crippen LogP contribution in [0.2, 0.25) is 0 Å². The van der Waals surface area contributed by atoms with Crippen LogP contribution in [0.5, 0.6) is 5.75 Å². The average molecular weight is 272 g/mol. The Morgan fingerprint density at radius 1 is 1.40 bits per heavy atom. The first-order valence-electron chi connectivity index (χ1n) is 5.12. The van der Waals surface area contributed by atoms with Gasteiger partial charge >= 0.3 is 0 Å². The topological polar surface area (TPSA) is 35.2 Å². The van der Waals surface area contributed by atoms with Crippen LogP contribution in [0.4, 0.5) is 0 Å². The van der Waals surface area contributed by atoms with Crippen LogP contribution in [0.15, 0.2) is 22.7 Å². The third-order valence-corrected chi connectivity index (χ3v) is 3.47. The number of ether oxygens (including phenoxy) is 1. The van der Waals surface area contributed by atoms with Crippen molar-refractivity contribution in [1.29, 1.82) is 0 Å². The highest BCUT2D eigenvalue weighted by Crippen LogP contribution is 2.25. The summed E-state index contributed by atoms with van der Waals surface area (Å²) in [4.78, 5) is 0. The molecule has 0 amide bonds. The van der Waals surface area contributed by atoms with Gasteiger partial charge in [0, 0.05) is 10.5 Å². The molecule has 0 heterocycles. The van der Waals surface area contributed by atoms with E-state index in [-0.39, 0.29) is 6.04 Å². The highest BCUT2D eigenvalue weighted by molar-refractivity contribution is 9.10. The Kier molecular flexibility index (Phi) is 4.61. The first-order valence-corrected chi connectivity index (χ1v) is 5.92. The molecule has 2 unspecified atom stereocenters. The van der Waals surface area contributed by atoms with Crippen molar-refractivity contribution < 1.29 is 4.74 Å². The van der Waals surface area contributed by atoms with Gasteiger partial charge in [-0.1, -0.05) is 22.9 Å². The zero-order chi connectivity index (χ0) is 11.4. The van der Waals surface area contributed by atoms with Gasteiger partial charge in [0.1, 0.15) is 5.75 Å². The van der Waals surface area contributed by atoms with Crippen LogP contribution in [0.25, 0.3) is 0 Å². The van der Waals surface area contributed by atoms with Crippen molar-refractivity contribution in [3.8, 4) is 5.75 Å². The van der Waals surface area contributed by atoms with Gasteiger partial charge in [0.25, 0.3) is 0 Å². The molecule has 0 saturated carbocycles. The zero-order valence-electron chi connectivity index (χ0n) is 9.46. The largest absolute Gasteiger partial charge is 0.497 e. The highest BCUT2D eigenvalue weighted by atomic mass is 79.9. The highest BCUT2D eigenvalue weighted by Gasteiger charge is 2.11. The summed E-state index contributed by atoms with van der Waals surface area (Å²) in [6.45, 7) is 4.20. The Balaban J connectivity index is 2.83. The maximum absolute atomic E-state index is 5.86. The van der Waals surface area contributed by atoms with Crippen molar-refractivity contribution in [2.75, 3.05) is 7.11 Å². The zero-order valence-corrected chi connectivity index (χ0v) is 11.0. The molecule has 15 heavy (non-hydrogen) atoms. The molecule has 1 aromatic carbocycles. The lowest BCUT2D eigenvalue weighted by atomic mass is 9.95. The SMILES string of the molecule is COc1ccc(Br)c(CC(C)C(C)N)c1. The van der Waals surface area contributed by atoms with Gasteiger partial charge in [-0.2, -0.15) is 0 Å². The minimum absolute atomic E-state index is 0.211. The van der Waals surface area contributed by atoms with Crippen LogP contribution >= 0.6 is 15.9 Å². The molecule has 1 aromatic rings. The molecule has 0 aliphatic carbocycles. The van der Waals surface area contributed by atoms with Crippen molar-refractivity contribution in [3.63, 3.8) is 0 Å². The smallest absolute Gasteiger partial charge is 0.119 e. The van der Waals surface area contributed by atoms with Crippen LogP contribution in [0, 0.1) is 5.92 Å². The minimum atomic E-state index is 0.211. The Morgan fingerprint density at radius 2 is 2.07 bits per heavy atom. The second-order valence-electron chi connectivity index (χ2n) is 4.00. The van der Waals surface area contributed by atoms with E-state index in [9.17, 15) is 0 Å².